The lowest BCUT2D eigenvalue weighted by Gasteiger charge is -1.72. The zero-order chi connectivity index (χ0) is 7.15. The molecule has 0 fully saturated rings. The molecule has 52 valence electrons. The minimum absolute atomic E-state index is 0.222. The molecule has 0 saturated carbocycles. The van der Waals surface area contributed by atoms with E-state index < -0.39 is 6.73 Å². The molecule has 0 atom stereocenters. The predicted molar refractivity (Wildman–Crippen MR) is 45.9 cm³/mol. The smallest absolute Gasteiger partial charge is 0.130 e. The molecule has 0 radical (unpaired) electrons. The van der Waals surface area contributed by atoms with Gasteiger partial charge in [0.15, 0.2) is 0 Å². The standard InChI is InChI=1S/C2H4Cl2.Cl3HSi/c1-2(3)4;1-4(2)3/h2H,1H3;4H. The van der Waals surface area contributed by atoms with Crippen molar-refractivity contribution < 1.29 is 0 Å². The maximum Gasteiger partial charge on any atom is 0.326 e. The molecule has 0 nitrogen and oxygen atoms in total. The van der Waals surface area contributed by atoms with Crippen LogP contribution in [0.5, 0.6) is 0 Å². The fraction of sp³-hybridized carbons (Fsp3) is 1.00. The van der Waals surface area contributed by atoms with Gasteiger partial charge in [0, 0.05) is 0 Å². The third-order valence-electron chi connectivity index (χ3n) is 0. The van der Waals surface area contributed by atoms with E-state index in [-0.39, 0.29) is 4.84 Å². The predicted octanol–water partition coefficient (Wildman–Crippen LogP) is 3.23. The van der Waals surface area contributed by atoms with E-state index in [0.717, 1.165) is 0 Å². The zero-order valence-electron chi connectivity index (χ0n) is 4.04. The van der Waals surface area contributed by atoms with Crippen LogP contribution in [0.25, 0.3) is 0 Å². The molecule has 0 rings (SSSR count). The Kier molecular flexibility index (Phi) is 13.4. The van der Waals surface area contributed by atoms with E-state index in [1.165, 1.54) is 0 Å². The maximum atomic E-state index is 5.04. The van der Waals surface area contributed by atoms with Gasteiger partial charge in [-0.05, 0) is 6.92 Å². The largest absolute Gasteiger partial charge is 0.326 e. The molecular formula is C2H5Cl5Si. The molecule has 0 bridgehead atoms. The van der Waals surface area contributed by atoms with Crippen molar-refractivity contribution in [1.82, 2.24) is 0 Å². The molecule has 8 heavy (non-hydrogen) atoms. The summed E-state index contributed by atoms with van der Waals surface area (Å²) in [6.07, 6.45) is 0. The first-order valence-corrected chi connectivity index (χ1v) is 7.78. The number of hydrogen-bond donors (Lipinski definition) is 0. The van der Waals surface area contributed by atoms with Gasteiger partial charge in [0.2, 0.25) is 0 Å². The van der Waals surface area contributed by atoms with Crippen molar-refractivity contribution in [2.45, 2.75) is 11.8 Å². The minimum Gasteiger partial charge on any atom is -0.130 e. The van der Waals surface area contributed by atoms with E-state index in [4.69, 9.17) is 56.4 Å². The summed E-state index contributed by atoms with van der Waals surface area (Å²) in [5.41, 5.74) is 0. The molecule has 0 N–H and O–H groups in total. The van der Waals surface area contributed by atoms with Crippen LogP contribution >= 0.6 is 56.4 Å². The van der Waals surface area contributed by atoms with E-state index in [1.54, 1.807) is 6.92 Å². The Bertz CT molecular complexity index is 25.9. The fourth-order valence-electron chi connectivity index (χ4n) is 0. The van der Waals surface area contributed by atoms with E-state index >= 15 is 0 Å². The summed E-state index contributed by atoms with van der Waals surface area (Å²) in [4.78, 5) is -0.222. The summed E-state index contributed by atoms with van der Waals surface area (Å²) < 4.78 is 0. The topological polar surface area (TPSA) is 0 Å². The molecule has 6 heteroatoms. The van der Waals surface area contributed by atoms with Gasteiger partial charge >= 0.3 is 6.73 Å². The Morgan fingerprint density at radius 2 is 1.12 bits per heavy atom. The van der Waals surface area contributed by atoms with Crippen LogP contribution in [0.2, 0.25) is 0 Å². The summed E-state index contributed by atoms with van der Waals surface area (Å²) in [5, 5.41) is 0. The van der Waals surface area contributed by atoms with Gasteiger partial charge in [0.05, 0.1) is 0 Å². The summed E-state index contributed by atoms with van der Waals surface area (Å²) in [6.45, 7) is -0.0247. The van der Waals surface area contributed by atoms with E-state index in [2.05, 4.69) is 0 Å². The Labute approximate surface area is 74.7 Å². The number of halogens is 5. The van der Waals surface area contributed by atoms with Crippen molar-refractivity contribution in [2.75, 3.05) is 0 Å². The lowest BCUT2D eigenvalue weighted by molar-refractivity contribution is 1.39. The summed E-state index contributed by atoms with van der Waals surface area (Å²) in [6, 6.07) is 0. The molecule has 0 aromatic carbocycles. The highest BCUT2D eigenvalue weighted by Gasteiger charge is 1.85. The van der Waals surface area contributed by atoms with Crippen LogP contribution < -0.4 is 0 Å². The van der Waals surface area contributed by atoms with Crippen LogP contribution in [0.4, 0.5) is 0 Å². The third kappa shape index (κ3) is 123. The minimum atomic E-state index is -1.72. The molecule has 0 heterocycles. The van der Waals surface area contributed by atoms with Crippen molar-refractivity contribution in [3.63, 3.8) is 0 Å². The molecular weight excluding hydrogens is 229 g/mol. The monoisotopic (exact) mass is 232 g/mol. The van der Waals surface area contributed by atoms with Crippen LogP contribution in [0.15, 0.2) is 0 Å². The van der Waals surface area contributed by atoms with Crippen molar-refractivity contribution >= 4 is 63.2 Å². The maximum absolute atomic E-state index is 5.04. The van der Waals surface area contributed by atoms with Crippen molar-refractivity contribution in [3.05, 3.63) is 0 Å². The Morgan fingerprint density at radius 1 is 1.12 bits per heavy atom. The third-order valence-corrected chi connectivity index (χ3v) is 0. The number of hydrogen-bond acceptors (Lipinski definition) is 0. The van der Waals surface area contributed by atoms with Crippen LogP contribution in [0, 0.1) is 0 Å². The molecule has 0 aliphatic carbocycles. The molecule has 0 unspecified atom stereocenters. The van der Waals surface area contributed by atoms with Gasteiger partial charge in [-0.3, -0.25) is 0 Å². The average molecular weight is 234 g/mol. The molecule has 0 saturated heterocycles. The van der Waals surface area contributed by atoms with Gasteiger partial charge in [-0.15, -0.1) is 56.4 Å². The Hall–Kier alpha value is 1.67. The van der Waals surface area contributed by atoms with Gasteiger partial charge in [-0.2, -0.15) is 0 Å². The van der Waals surface area contributed by atoms with Crippen molar-refractivity contribution in [1.29, 1.82) is 0 Å². The lowest BCUT2D eigenvalue weighted by Crippen LogP contribution is -1.66. The molecule has 0 amide bonds. The van der Waals surface area contributed by atoms with E-state index in [9.17, 15) is 0 Å². The van der Waals surface area contributed by atoms with Crippen LogP contribution in [-0.2, 0) is 0 Å². The summed E-state index contributed by atoms with van der Waals surface area (Å²) >= 11 is 24.9. The van der Waals surface area contributed by atoms with Crippen molar-refractivity contribution in [3.8, 4) is 0 Å². The van der Waals surface area contributed by atoms with E-state index in [0.29, 0.717) is 0 Å². The van der Waals surface area contributed by atoms with Gasteiger partial charge in [-0.1, -0.05) is 0 Å². The van der Waals surface area contributed by atoms with Gasteiger partial charge < -0.3 is 0 Å². The second-order valence-electron chi connectivity index (χ2n) is 0.766. The van der Waals surface area contributed by atoms with Crippen LogP contribution in [0.1, 0.15) is 6.92 Å². The highest BCUT2D eigenvalue weighted by Crippen LogP contribution is 1.97. The highest BCUT2D eigenvalue weighted by molar-refractivity contribution is 7.54. The average Bonchev–Trinajstić information content (AvgIpc) is 1.25. The highest BCUT2D eigenvalue weighted by atomic mass is 35.8. The molecule has 0 aromatic rings. The SMILES string of the molecule is CC(Cl)Cl.Cl[SiH](Cl)Cl. The van der Waals surface area contributed by atoms with Crippen molar-refractivity contribution in [2.24, 2.45) is 0 Å². The summed E-state index contributed by atoms with van der Waals surface area (Å²) in [5.74, 6) is 0. The second kappa shape index (κ2) is 8.67. The Balaban J connectivity index is 0. The molecule has 0 aliphatic heterocycles. The first kappa shape index (κ1) is 12.4. The van der Waals surface area contributed by atoms with E-state index in [1.807, 2.05) is 0 Å². The normalized spacial score (nSPS) is 9.00. The Morgan fingerprint density at radius 3 is 1.12 bits per heavy atom. The van der Waals surface area contributed by atoms with Gasteiger partial charge in [-0.25, -0.2) is 0 Å². The molecule has 0 aliphatic rings. The van der Waals surface area contributed by atoms with Crippen LogP contribution in [0.3, 0.4) is 0 Å². The quantitative estimate of drug-likeness (QED) is 0.343. The molecule has 0 spiro atoms. The van der Waals surface area contributed by atoms with Gasteiger partial charge in [0.1, 0.15) is 4.84 Å². The number of alkyl halides is 2. The summed E-state index contributed by atoms with van der Waals surface area (Å²) in [7, 11) is 0. The molecule has 0 aromatic heterocycles. The first-order chi connectivity index (χ1) is 3.46. The second-order valence-corrected chi connectivity index (χ2v) is 8.73. The lowest BCUT2D eigenvalue weighted by atomic mass is 11.0. The number of rotatable bonds is 0. The zero-order valence-corrected chi connectivity index (χ0v) is 8.98. The van der Waals surface area contributed by atoms with Crippen LogP contribution in [-0.4, -0.2) is 11.6 Å². The van der Waals surface area contributed by atoms with Gasteiger partial charge in [0.25, 0.3) is 0 Å². The first-order valence-electron chi connectivity index (χ1n) is 1.67. The fourth-order valence-corrected chi connectivity index (χ4v) is 0.